The van der Waals surface area contributed by atoms with Crippen molar-refractivity contribution in [3.8, 4) is 17.3 Å². The molecule has 1 fully saturated rings. The molecular weight excluding hydrogens is 440 g/mol. The number of carboxylic acid groups (broad SMARTS) is 1. The number of hydrogen-bond acceptors (Lipinski definition) is 8. The van der Waals surface area contributed by atoms with Gasteiger partial charge >= 0.3 is 12.1 Å². The van der Waals surface area contributed by atoms with E-state index >= 15 is 0 Å². The molecule has 1 amide bonds. The number of nitrogens with zero attached hydrogens (tertiary/aromatic N) is 5. The Kier molecular flexibility index (Phi) is 8.06. The standard InChI is InChI=1S/C23H34N6O5/c1-14-20(34-16-8-6-7-15(11-16)21(30)31)24-12-17(26-14)19-18(29(5)28-27-19)13-25-22(32)33-10-9-23(2,3)4/h12,15-16H,6-11,13H2,1-5H3,(H,25,32)(H,30,31)/t15-,16-/m0/s1. The van der Waals surface area contributed by atoms with E-state index in [4.69, 9.17) is 9.47 Å². The van der Waals surface area contributed by atoms with Crippen LogP contribution in [-0.2, 0) is 23.1 Å². The van der Waals surface area contributed by atoms with Crippen LogP contribution in [0.4, 0.5) is 4.79 Å². The molecule has 0 saturated heterocycles. The van der Waals surface area contributed by atoms with Crippen LogP contribution >= 0.6 is 0 Å². The Bertz CT molecular complexity index is 1020. The number of rotatable bonds is 8. The van der Waals surface area contributed by atoms with Gasteiger partial charge in [-0.2, -0.15) is 0 Å². The SMILES string of the molecule is Cc1nc(-c2nnn(C)c2CNC(=O)OCCC(C)(C)C)cnc1O[C@H]1CCC[C@H](C(=O)O)C1. The number of carbonyl (C=O) groups excluding carboxylic acids is 1. The average molecular weight is 475 g/mol. The minimum Gasteiger partial charge on any atom is -0.481 e. The summed E-state index contributed by atoms with van der Waals surface area (Å²) >= 11 is 0. The molecule has 186 valence electrons. The van der Waals surface area contributed by atoms with Crippen LogP contribution in [0.2, 0.25) is 0 Å². The quantitative estimate of drug-likeness (QED) is 0.589. The fourth-order valence-electron chi connectivity index (χ4n) is 3.77. The highest BCUT2D eigenvalue weighted by atomic mass is 16.5. The first-order chi connectivity index (χ1) is 16.0. The summed E-state index contributed by atoms with van der Waals surface area (Å²) < 4.78 is 12.8. The lowest BCUT2D eigenvalue weighted by atomic mass is 9.87. The van der Waals surface area contributed by atoms with E-state index in [1.807, 2.05) is 0 Å². The van der Waals surface area contributed by atoms with Gasteiger partial charge in [0, 0.05) is 7.05 Å². The first kappa shape index (κ1) is 25.4. The third-order valence-corrected chi connectivity index (χ3v) is 5.83. The molecule has 0 aliphatic heterocycles. The molecule has 34 heavy (non-hydrogen) atoms. The molecule has 2 heterocycles. The summed E-state index contributed by atoms with van der Waals surface area (Å²) in [5.41, 5.74) is 2.32. The Morgan fingerprint density at radius 1 is 1.29 bits per heavy atom. The third kappa shape index (κ3) is 6.88. The van der Waals surface area contributed by atoms with Gasteiger partial charge in [0.15, 0.2) is 0 Å². The second-order valence-electron chi connectivity index (χ2n) is 9.90. The van der Waals surface area contributed by atoms with E-state index in [1.165, 1.54) is 0 Å². The third-order valence-electron chi connectivity index (χ3n) is 5.83. The van der Waals surface area contributed by atoms with Crippen molar-refractivity contribution in [2.75, 3.05) is 6.61 Å². The first-order valence-electron chi connectivity index (χ1n) is 11.6. The Hall–Kier alpha value is -3.24. The van der Waals surface area contributed by atoms with Crippen LogP contribution in [0.3, 0.4) is 0 Å². The van der Waals surface area contributed by atoms with Gasteiger partial charge in [-0.05, 0) is 44.4 Å². The van der Waals surface area contributed by atoms with E-state index in [-0.39, 0.29) is 24.0 Å². The van der Waals surface area contributed by atoms with Gasteiger partial charge < -0.3 is 19.9 Å². The summed E-state index contributed by atoms with van der Waals surface area (Å²) in [6, 6.07) is 0. The number of alkyl carbamates (subject to hydrolysis) is 1. The highest BCUT2D eigenvalue weighted by Crippen LogP contribution is 2.29. The minimum absolute atomic E-state index is 0.0841. The smallest absolute Gasteiger partial charge is 0.407 e. The maximum atomic E-state index is 12.1. The van der Waals surface area contributed by atoms with E-state index in [9.17, 15) is 14.7 Å². The largest absolute Gasteiger partial charge is 0.481 e. The van der Waals surface area contributed by atoms with Gasteiger partial charge in [-0.3, -0.25) is 4.79 Å². The predicted molar refractivity (Wildman–Crippen MR) is 123 cm³/mol. The number of carboxylic acids is 1. The van der Waals surface area contributed by atoms with Crippen molar-refractivity contribution in [2.24, 2.45) is 18.4 Å². The van der Waals surface area contributed by atoms with Crippen LogP contribution in [0, 0.1) is 18.3 Å². The van der Waals surface area contributed by atoms with Crippen molar-refractivity contribution in [3.63, 3.8) is 0 Å². The van der Waals surface area contributed by atoms with E-state index in [1.54, 1.807) is 24.9 Å². The predicted octanol–water partition coefficient (Wildman–Crippen LogP) is 3.27. The van der Waals surface area contributed by atoms with E-state index in [0.29, 0.717) is 48.1 Å². The molecule has 1 saturated carbocycles. The molecular formula is C23H34N6O5. The summed E-state index contributed by atoms with van der Waals surface area (Å²) in [6.45, 7) is 8.55. The topological polar surface area (TPSA) is 141 Å². The van der Waals surface area contributed by atoms with Crippen LogP contribution < -0.4 is 10.1 Å². The maximum Gasteiger partial charge on any atom is 0.407 e. The molecule has 0 aromatic carbocycles. The summed E-state index contributed by atoms with van der Waals surface area (Å²) in [4.78, 5) is 32.4. The van der Waals surface area contributed by atoms with Gasteiger partial charge in [0.2, 0.25) is 5.88 Å². The molecule has 2 N–H and O–H groups in total. The second kappa shape index (κ2) is 10.8. The number of carbonyl (C=O) groups is 2. The molecule has 1 aliphatic rings. The molecule has 2 atom stereocenters. The van der Waals surface area contributed by atoms with Crippen molar-refractivity contribution in [2.45, 2.75) is 72.4 Å². The molecule has 11 heteroatoms. The number of ether oxygens (including phenoxy) is 2. The molecule has 3 rings (SSSR count). The van der Waals surface area contributed by atoms with Crippen LogP contribution in [0.1, 0.15) is 64.3 Å². The number of aliphatic carboxylic acids is 1. The minimum atomic E-state index is -0.784. The highest BCUT2D eigenvalue weighted by molar-refractivity contribution is 5.70. The zero-order valence-electron chi connectivity index (χ0n) is 20.5. The van der Waals surface area contributed by atoms with Crippen molar-refractivity contribution >= 4 is 12.1 Å². The molecule has 0 radical (unpaired) electrons. The van der Waals surface area contributed by atoms with Crippen molar-refractivity contribution in [1.29, 1.82) is 0 Å². The zero-order valence-corrected chi connectivity index (χ0v) is 20.5. The average Bonchev–Trinajstić information content (AvgIpc) is 3.13. The molecule has 2 aromatic rings. The van der Waals surface area contributed by atoms with Crippen molar-refractivity contribution in [1.82, 2.24) is 30.3 Å². The second-order valence-corrected chi connectivity index (χ2v) is 9.90. The van der Waals surface area contributed by atoms with Crippen LogP contribution in [0.15, 0.2) is 6.20 Å². The normalized spacial score (nSPS) is 18.4. The van der Waals surface area contributed by atoms with E-state index in [2.05, 4.69) is 46.4 Å². The molecule has 2 aromatic heterocycles. The van der Waals surface area contributed by atoms with Crippen LogP contribution in [0.25, 0.3) is 11.4 Å². The van der Waals surface area contributed by atoms with E-state index in [0.717, 1.165) is 19.3 Å². The summed E-state index contributed by atoms with van der Waals surface area (Å²) in [7, 11) is 1.73. The highest BCUT2D eigenvalue weighted by Gasteiger charge is 2.29. The number of aromatic nitrogens is 5. The maximum absolute atomic E-state index is 12.1. The molecule has 0 unspecified atom stereocenters. The molecule has 11 nitrogen and oxygen atoms in total. The van der Waals surface area contributed by atoms with Gasteiger partial charge in [0.25, 0.3) is 0 Å². The fraction of sp³-hybridized carbons (Fsp3) is 0.652. The lowest BCUT2D eigenvalue weighted by Crippen LogP contribution is -2.30. The monoisotopic (exact) mass is 474 g/mol. The number of hydrogen-bond donors (Lipinski definition) is 2. The number of aryl methyl sites for hydroxylation is 2. The van der Waals surface area contributed by atoms with Crippen LogP contribution in [-0.4, -0.2) is 54.8 Å². The molecule has 1 aliphatic carbocycles. The Balaban J connectivity index is 1.64. The fourth-order valence-corrected chi connectivity index (χ4v) is 3.77. The summed E-state index contributed by atoms with van der Waals surface area (Å²) in [5, 5.41) is 20.3. The van der Waals surface area contributed by atoms with Gasteiger partial charge in [0.05, 0.1) is 31.0 Å². The van der Waals surface area contributed by atoms with E-state index < -0.39 is 12.1 Å². The Morgan fingerprint density at radius 2 is 2.06 bits per heavy atom. The summed E-state index contributed by atoms with van der Waals surface area (Å²) in [5.74, 6) is -0.791. The number of nitrogens with one attached hydrogen (secondary N) is 1. The Labute approximate surface area is 199 Å². The van der Waals surface area contributed by atoms with Crippen molar-refractivity contribution in [3.05, 3.63) is 17.6 Å². The summed E-state index contributed by atoms with van der Waals surface area (Å²) in [6.07, 6.45) is 4.34. The first-order valence-corrected chi connectivity index (χ1v) is 11.6. The zero-order chi connectivity index (χ0) is 24.9. The molecule has 0 spiro atoms. The van der Waals surface area contributed by atoms with Gasteiger partial charge in [-0.25, -0.2) is 19.4 Å². The lowest BCUT2D eigenvalue weighted by Gasteiger charge is -2.27. The van der Waals surface area contributed by atoms with Crippen molar-refractivity contribution < 1.29 is 24.2 Å². The Morgan fingerprint density at radius 3 is 2.74 bits per heavy atom. The van der Waals surface area contributed by atoms with Crippen LogP contribution in [0.5, 0.6) is 5.88 Å². The number of amides is 1. The van der Waals surface area contributed by atoms with Gasteiger partial charge in [0.1, 0.15) is 23.2 Å². The lowest BCUT2D eigenvalue weighted by molar-refractivity contribution is -0.143. The molecule has 0 bridgehead atoms. The van der Waals surface area contributed by atoms with Gasteiger partial charge in [-0.1, -0.05) is 26.0 Å². The van der Waals surface area contributed by atoms with Gasteiger partial charge in [-0.15, -0.1) is 5.10 Å².